The van der Waals surface area contributed by atoms with Crippen molar-refractivity contribution >= 4 is 33.4 Å². The Morgan fingerprint density at radius 3 is 2.87 bits per heavy atom. The summed E-state index contributed by atoms with van der Waals surface area (Å²) in [6.07, 6.45) is 3.18. The minimum Gasteiger partial charge on any atom is -0.385 e. The highest BCUT2D eigenvalue weighted by molar-refractivity contribution is 9.10. The van der Waals surface area contributed by atoms with Crippen LogP contribution in [-0.4, -0.2) is 18.6 Å². The number of anilines is 1. The average Bonchev–Trinajstić information content (AvgIpc) is 2.20. The first kappa shape index (κ1) is 12.8. The van der Waals surface area contributed by atoms with Crippen molar-refractivity contribution in [3.8, 4) is 0 Å². The van der Waals surface area contributed by atoms with Crippen molar-refractivity contribution in [2.75, 3.05) is 23.9 Å². The fourth-order valence-corrected chi connectivity index (χ4v) is 2.17. The molecular weight excluding hydrogens is 277 g/mol. The van der Waals surface area contributed by atoms with Crippen LogP contribution in [0.15, 0.2) is 16.6 Å². The van der Waals surface area contributed by atoms with E-state index in [9.17, 15) is 4.39 Å². The summed E-state index contributed by atoms with van der Waals surface area (Å²) in [5.74, 6) is 0.915. The van der Waals surface area contributed by atoms with Crippen molar-refractivity contribution in [1.82, 2.24) is 0 Å². The first-order chi connectivity index (χ1) is 7.15. The minimum absolute atomic E-state index is 0.215. The van der Waals surface area contributed by atoms with E-state index >= 15 is 0 Å². The fourth-order valence-electron chi connectivity index (χ4n) is 1.28. The summed E-state index contributed by atoms with van der Waals surface area (Å²) in [6.45, 7) is 2.86. The lowest BCUT2D eigenvalue weighted by atomic mass is 10.2. The van der Waals surface area contributed by atoms with Crippen LogP contribution in [0.25, 0.3) is 0 Å². The van der Waals surface area contributed by atoms with Gasteiger partial charge in [0, 0.05) is 12.2 Å². The Morgan fingerprint density at radius 1 is 1.47 bits per heavy atom. The van der Waals surface area contributed by atoms with Gasteiger partial charge in [0.1, 0.15) is 5.82 Å². The van der Waals surface area contributed by atoms with Crippen LogP contribution < -0.4 is 5.32 Å². The van der Waals surface area contributed by atoms with Gasteiger partial charge in [0.25, 0.3) is 0 Å². The van der Waals surface area contributed by atoms with Gasteiger partial charge >= 0.3 is 0 Å². The molecule has 0 saturated carbocycles. The topological polar surface area (TPSA) is 12.0 Å². The maximum Gasteiger partial charge on any atom is 0.139 e. The van der Waals surface area contributed by atoms with Gasteiger partial charge in [-0.1, -0.05) is 0 Å². The van der Waals surface area contributed by atoms with Gasteiger partial charge in [-0.3, -0.25) is 0 Å². The third-order valence-corrected chi connectivity index (χ3v) is 3.41. The highest BCUT2D eigenvalue weighted by Crippen LogP contribution is 2.23. The normalized spacial score (nSPS) is 10.4. The molecule has 0 heterocycles. The van der Waals surface area contributed by atoms with E-state index in [4.69, 9.17) is 0 Å². The van der Waals surface area contributed by atoms with E-state index in [2.05, 4.69) is 27.5 Å². The van der Waals surface area contributed by atoms with Gasteiger partial charge in [0.15, 0.2) is 0 Å². The molecule has 0 amide bonds. The highest BCUT2D eigenvalue weighted by atomic mass is 79.9. The zero-order chi connectivity index (χ0) is 11.3. The van der Waals surface area contributed by atoms with Crippen molar-refractivity contribution in [3.05, 3.63) is 28.0 Å². The molecule has 0 aromatic heterocycles. The van der Waals surface area contributed by atoms with Gasteiger partial charge in [-0.2, -0.15) is 11.8 Å². The largest absolute Gasteiger partial charge is 0.385 e. The number of hydrogen-bond acceptors (Lipinski definition) is 2. The predicted octanol–water partition coefficient (Wildman–Crippen LogP) is 4.06. The molecule has 1 rings (SSSR count). The molecule has 0 aliphatic carbocycles. The number of rotatable bonds is 5. The third-order valence-electron chi connectivity index (χ3n) is 2.11. The summed E-state index contributed by atoms with van der Waals surface area (Å²) < 4.78 is 13.8. The molecule has 0 atom stereocenters. The Labute approximate surface area is 103 Å². The van der Waals surface area contributed by atoms with Crippen LogP contribution in [0.3, 0.4) is 0 Å². The molecule has 0 aliphatic heterocycles. The molecule has 0 unspecified atom stereocenters. The number of halogens is 2. The van der Waals surface area contributed by atoms with Gasteiger partial charge in [-0.05, 0) is 59.0 Å². The summed E-state index contributed by atoms with van der Waals surface area (Å²) in [5.41, 5.74) is 1.95. The molecule has 0 spiro atoms. The maximum absolute atomic E-state index is 13.2. The Bertz CT molecular complexity index is 331. The molecule has 0 saturated heterocycles. The lowest BCUT2D eigenvalue weighted by Gasteiger charge is -2.10. The highest BCUT2D eigenvalue weighted by Gasteiger charge is 2.04. The fraction of sp³-hybridized carbons (Fsp3) is 0.455. The van der Waals surface area contributed by atoms with Crippen LogP contribution in [0, 0.1) is 12.7 Å². The van der Waals surface area contributed by atoms with Crippen molar-refractivity contribution in [2.24, 2.45) is 0 Å². The smallest absolute Gasteiger partial charge is 0.139 e. The van der Waals surface area contributed by atoms with E-state index in [0.29, 0.717) is 4.47 Å². The zero-order valence-corrected chi connectivity index (χ0v) is 11.3. The van der Waals surface area contributed by atoms with E-state index < -0.39 is 0 Å². The molecule has 1 aromatic carbocycles. The Hall–Kier alpha value is -0.220. The maximum atomic E-state index is 13.2. The first-order valence-electron chi connectivity index (χ1n) is 4.83. The molecule has 0 fully saturated rings. The second-order valence-corrected chi connectivity index (χ2v) is 5.19. The molecule has 1 aromatic rings. The number of thioether (sulfide) groups is 1. The molecule has 4 heteroatoms. The van der Waals surface area contributed by atoms with Crippen LogP contribution in [0.5, 0.6) is 0 Å². The molecule has 15 heavy (non-hydrogen) atoms. The quantitative estimate of drug-likeness (QED) is 0.821. The number of hydrogen-bond donors (Lipinski definition) is 1. The second kappa shape index (κ2) is 6.38. The second-order valence-electron chi connectivity index (χ2n) is 3.35. The molecule has 84 valence electrons. The lowest BCUT2D eigenvalue weighted by molar-refractivity contribution is 0.621. The molecule has 0 aliphatic rings. The van der Waals surface area contributed by atoms with Crippen LogP contribution in [-0.2, 0) is 0 Å². The average molecular weight is 292 g/mol. The first-order valence-corrected chi connectivity index (χ1v) is 7.02. The van der Waals surface area contributed by atoms with Gasteiger partial charge in [0.2, 0.25) is 0 Å². The van der Waals surface area contributed by atoms with E-state index in [-0.39, 0.29) is 5.82 Å². The van der Waals surface area contributed by atoms with Crippen molar-refractivity contribution in [2.45, 2.75) is 13.3 Å². The van der Waals surface area contributed by atoms with Gasteiger partial charge in [0.05, 0.1) is 4.47 Å². The third kappa shape index (κ3) is 4.03. The van der Waals surface area contributed by atoms with Crippen LogP contribution in [0.4, 0.5) is 10.1 Å². The van der Waals surface area contributed by atoms with Crippen molar-refractivity contribution in [1.29, 1.82) is 0 Å². The van der Waals surface area contributed by atoms with Gasteiger partial charge in [-0.15, -0.1) is 0 Å². The lowest BCUT2D eigenvalue weighted by Crippen LogP contribution is -2.04. The van der Waals surface area contributed by atoms with Gasteiger partial charge in [-0.25, -0.2) is 4.39 Å². The van der Waals surface area contributed by atoms with Crippen LogP contribution in [0.1, 0.15) is 12.0 Å². The number of benzene rings is 1. The predicted molar refractivity (Wildman–Crippen MR) is 70.3 cm³/mol. The summed E-state index contributed by atoms with van der Waals surface area (Å²) in [6, 6.07) is 3.34. The number of nitrogens with one attached hydrogen (secondary N) is 1. The molecule has 1 nitrogen and oxygen atoms in total. The molecule has 0 radical (unpaired) electrons. The Kier molecular flexibility index (Phi) is 5.47. The van der Waals surface area contributed by atoms with Crippen molar-refractivity contribution in [3.63, 3.8) is 0 Å². The number of aryl methyl sites for hydroxylation is 1. The minimum atomic E-state index is -0.215. The van der Waals surface area contributed by atoms with E-state index in [1.165, 1.54) is 0 Å². The van der Waals surface area contributed by atoms with Crippen molar-refractivity contribution < 1.29 is 4.39 Å². The van der Waals surface area contributed by atoms with E-state index in [1.54, 1.807) is 12.1 Å². The molecular formula is C11H15BrFNS. The monoisotopic (exact) mass is 291 g/mol. The standard InChI is InChI=1S/C11H15BrFNS/c1-8-6-9(12)10(13)7-11(8)14-4-3-5-15-2/h6-7,14H,3-5H2,1-2H3. The summed E-state index contributed by atoms with van der Waals surface area (Å²) >= 11 is 4.99. The molecule has 1 N–H and O–H groups in total. The Morgan fingerprint density at radius 2 is 2.20 bits per heavy atom. The SMILES string of the molecule is CSCCCNc1cc(F)c(Br)cc1C. The van der Waals surface area contributed by atoms with E-state index in [1.807, 2.05) is 18.7 Å². The summed E-state index contributed by atoms with van der Waals surface area (Å²) in [5, 5.41) is 3.24. The van der Waals surface area contributed by atoms with Gasteiger partial charge < -0.3 is 5.32 Å². The zero-order valence-electron chi connectivity index (χ0n) is 8.94. The van der Waals surface area contributed by atoms with E-state index in [0.717, 1.165) is 30.0 Å². The summed E-state index contributed by atoms with van der Waals surface area (Å²) in [4.78, 5) is 0. The Balaban J connectivity index is 2.57. The summed E-state index contributed by atoms with van der Waals surface area (Å²) in [7, 11) is 0. The molecule has 0 bridgehead atoms. The van der Waals surface area contributed by atoms with Crippen LogP contribution >= 0.6 is 27.7 Å². The van der Waals surface area contributed by atoms with Crippen LogP contribution in [0.2, 0.25) is 0 Å².